The largest absolute Gasteiger partial charge is 0.480 e. The van der Waals surface area contributed by atoms with Crippen LogP contribution >= 0.6 is 0 Å². The molecular weight excluding hydrogens is 438 g/mol. The molecule has 2 aromatic rings. The maximum atomic E-state index is 13.6. The molecule has 7 nitrogen and oxygen atoms in total. The molecule has 0 aliphatic rings. The number of sulfonamides is 1. The van der Waals surface area contributed by atoms with Gasteiger partial charge in [0, 0.05) is 5.56 Å². The zero-order chi connectivity index (χ0) is 25.1. The summed E-state index contributed by atoms with van der Waals surface area (Å²) < 4.78 is 29.7. The van der Waals surface area contributed by atoms with Crippen molar-refractivity contribution in [3.05, 3.63) is 64.2 Å². The molecule has 0 fully saturated rings. The van der Waals surface area contributed by atoms with Gasteiger partial charge in [0.05, 0.1) is 4.90 Å². The van der Waals surface area contributed by atoms with Crippen molar-refractivity contribution in [1.29, 1.82) is 5.41 Å². The number of nitrogen functional groups attached to an aromatic ring is 1. The lowest BCUT2D eigenvalue weighted by atomic mass is 9.89. The van der Waals surface area contributed by atoms with Gasteiger partial charge in [-0.05, 0) is 52.5 Å². The minimum Gasteiger partial charge on any atom is -0.480 e. The third kappa shape index (κ3) is 6.42. The molecule has 1 atom stereocenters. The predicted octanol–water partition coefficient (Wildman–Crippen LogP) is 4.32. The molecule has 180 valence electrons. The molecule has 2 rings (SSSR count). The van der Waals surface area contributed by atoms with E-state index in [0.29, 0.717) is 22.3 Å². The van der Waals surface area contributed by atoms with Crippen LogP contribution in [0.5, 0.6) is 0 Å². The average Bonchev–Trinajstić information content (AvgIpc) is 2.72. The quantitative estimate of drug-likeness (QED) is 0.301. The summed E-state index contributed by atoms with van der Waals surface area (Å²) in [6.45, 7) is 11.9. The van der Waals surface area contributed by atoms with Gasteiger partial charge in [-0.25, -0.2) is 8.42 Å². The molecule has 5 N–H and O–H groups in total. The highest BCUT2D eigenvalue weighted by molar-refractivity contribution is 7.89. The minimum atomic E-state index is -4.14. The smallest absolute Gasteiger partial charge is 0.322 e. The second kappa shape index (κ2) is 10.5. The van der Waals surface area contributed by atoms with Crippen molar-refractivity contribution in [2.75, 3.05) is 0 Å². The number of carboxylic acids is 1. The molecule has 33 heavy (non-hydrogen) atoms. The predicted molar refractivity (Wildman–Crippen MR) is 132 cm³/mol. The topological polar surface area (TPSA) is 133 Å². The van der Waals surface area contributed by atoms with Crippen molar-refractivity contribution < 1.29 is 18.3 Å². The van der Waals surface area contributed by atoms with Crippen LogP contribution in [-0.4, -0.2) is 31.4 Å². The summed E-state index contributed by atoms with van der Waals surface area (Å²) in [5.74, 6) is -1.32. The highest BCUT2D eigenvalue weighted by Crippen LogP contribution is 2.35. The van der Waals surface area contributed by atoms with Crippen molar-refractivity contribution in [2.24, 2.45) is 5.73 Å². The summed E-state index contributed by atoms with van der Waals surface area (Å²) in [6, 6.07) is 9.06. The number of rotatable bonds is 10. The van der Waals surface area contributed by atoms with Gasteiger partial charge in [-0.15, -0.1) is 0 Å². The Kier molecular flexibility index (Phi) is 8.43. The normalized spacial score (nSPS) is 13.0. The van der Waals surface area contributed by atoms with E-state index in [2.05, 4.69) is 18.6 Å². The Morgan fingerprint density at radius 3 is 1.97 bits per heavy atom. The monoisotopic (exact) mass is 473 g/mol. The Bertz CT molecular complexity index is 1110. The van der Waals surface area contributed by atoms with E-state index in [0.717, 1.165) is 5.56 Å². The summed E-state index contributed by atoms with van der Waals surface area (Å²) in [7, 11) is -4.14. The molecule has 0 heterocycles. The van der Waals surface area contributed by atoms with Gasteiger partial charge in [0.25, 0.3) is 0 Å². The van der Waals surface area contributed by atoms with Gasteiger partial charge in [-0.2, -0.15) is 4.72 Å². The van der Waals surface area contributed by atoms with Gasteiger partial charge in [0.2, 0.25) is 10.0 Å². The van der Waals surface area contributed by atoms with E-state index in [9.17, 15) is 18.3 Å². The van der Waals surface area contributed by atoms with Crippen LogP contribution in [0.25, 0.3) is 0 Å². The first kappa shape index (κ1) is 26.5. The molecule has 0 spiro atoms. The number of nitrogens with two attached hydrogens (primary N) is 1. The first-order valence-corrected chi connectivity index (χ1v) is 12.6. The molecule has 0 saturated carbocycles. The van der Waals surface area contributed by atoms with E-state index in [1.54, 1.807) is 24.3 Å². The molecule has 0 amide bonds. The van der Waals surface area contributed by atoms with Gasteiger partial charge in [-0.3, -0.25) is 10.2 Å². The van der Waals surface area contributed by atoms with Gasteiger partial charge < -0.3 is 10.8 Å². The highest BCUT2D eigenvalue weighted by Gasteiger charge is 2.31. The zero-order valence-electron chi connectivity index (χ0n) is 20.1. The number of carbonyl (C=O) groups is 1. The molecule has 0 saturated heterocycles. The van der Waals surface area contributed by atoms with Crippen LogP contribution in [0.4, 0.5) is 0 Å². The molecule has 0 radical (unpaired) electrons. The number of hydrogen-bond acceptors (Lipinski definition) is 4. The fraction of sp³-hybridized carbons (Fsp3) is 0.440. The fourth-order valence-electron chi connectivity index (χ4n) is 3.73. The zero-order valence-corrected chi connectivity index (χ0v) is 21.0. The van der Waals surface area contributed by atoms with Crippen molar-refractivity contribution in [3.63, 3.8) is 0 Å². The molecule has 0 aromatic heterocycles. The standard InChI is InChI=1S/C25H35N3O4S/c1-14(2)19-12-20(15(3)4)23(21(13-19)16(5)6)33(31,32)28-22(25(29)30)11-17-8-7-9-18(10-17)24(26)27/h7-10,12-16,22,28H,11H2,1-6H3,(H3,26,27)(H,29,30)/t22-/m0/s1. The summed E-state index contributed by atoms with van der Waals surface area (Å²) in [6.07, 6.45) is -0.0756. The van der Waals surface area contributed by atoms with Crippen LogP contribution in [0.15, 0.2) is 41.3 Å². The Balaban J connectivity index is 2.56. The molecular formula is C25H35N3O4S. The first-order valence-electron chi connectivity index (χ1n) is 11.1. The molecule has 0 unspecified atom stereocenters. The molecule has 0 aliphatic carbocycles. The second-order valence-corrected chi connectivity index (χ2v) is 11.0. The molecule has 2 aromatic carbocycles. The average molecular weight is 474 g/mol. The molecule has 0 aliphatic heterocycles. The van der Waals surface area contributed by atoms with Crippen LogP contribution in [0.3, 0.4) is 0 Å². The van der Waals surface area contributed by atoms with Crippen LogP contribution in [-0.2, 0) is 21.2 Å². The van der Waals surface area contributed by atoms with E-state index in [-0.39, 0.29) is 34.9 Å². The molecule has 0 bridgehead atoms. The summed E-state index contributed by atoms with van der Waals surface area (Å²) >= 11 is 0. The second-order valence-electron chi connectivity index (χ2n) is 9.32. The van der Waals surface area contributed by atoms with Gasteiger partial charge in [-0.1, -0.05) is 71.9 Å². The maximum Gasteiger partial charge on any atom is 0.322 e. The van der Waals surface area contributed by atoms with Crippen LogP contribution in [0.2, 0.25) is 0 Å². The lowest BCUT2D eigenvalue weighted by Crippen LogP contribution is -2.43. The Morgan fingerprint density at radius 2 is 1.55 bits per heavy atom. The van der Waals surface area contributed by atoms with E-state index in [4.69, 9.17) is 11.1 Å². The van der Waals surface area contributed by atoms with E-state index >= 15 is 0 Å². The number of amidine groups is 1. The van der Waals surface area contributed by atoms with Crippen LogP contribution in [0, 0.1) is 5.41 Å². The van der Waals surface area contributed by atoms with Crippen molar-refractivity contribution in [1.82, 2.24) is 4.72 Å². The number of carboxylic acid groups (broad SMARTS) is 1. The fourth-order valence-corrected chi connectivity index (χ4v) is 5.61. The van der Waals surface area contributed by atoms with Gasteiger partial charge in [0.15, 0.2) is 0 Å². The van der Waals surface area contributed by atoms with Crippen molar-refractivity contribution in [2.45, 2.75) is 76.7 Å². The van der Waals surface area contributed by atoms with Crippen molar-refractivity contribution in [3.8, 4) is 0 Å². The number of nitrogens with one attached hydrogen (secondary N) is 2. The van der Waals surface area contributed by atoms with E-state index < -0.39 is 22.0 Å². The number of aliphatic carboxylic acids is 1. The van der Waals surface area contributed by atoms with Crippen LogP contribution in [0.1, 0.15) is 87.1 Å². The van der Waals surface area contributed by atoms with E-state index in [1.165, 1.54) is 0 Å². The number of hydrogen-bond donors (Lipinski definition) is 4. The Labute approximate surface area is 197 Å². The Morgan fingerprint density at radius 1 is 1.00 bits per heavy atom. The Hall–Kier alpha value is -2.71. The lowest BCUT2D eigenvalue weighted by Gasteiger charge is -2.24. The van der Waals surface area contributed by atoms with E-state index in [1.807, 2.05) is 39.8 Å². The third-order valence-electron chi connectivity index (χ3n) is 5.62. The first-order chi connectivity index (χ1) is 15.2. The SMILES string of the molecule is CC(C)c1cc(C(C)C)c(S(=O)(=O)N[C@@H](Cc2cccc(C(=N)N)c2)C(=O)O)c(C(C)C)c1. The summed E-state index contributed by atoms with van der Waals surface area (Å²) in [5.41, 5.74) is 8.97. The maximum absolute atomic E-state index is 13.6. The summed E-state index contributed by atoms with van der Waals surface area (Å²) in [4.78, 5) is 12.2. The summed E-state index contributed by atoms with van der Waals surface area (Å²) in [5, 5.41) is 17.4. The third-order valence-corrected chi connectivity index (χ3v) is 7.23. The lowest BCUT2D eigenvalue weighted by molar-refractivity contribution is -0.138. The minimum absolute atomic E-state index is 0.0664. The van der Waals surface area contributed by atoms with Gasteiger partial charge >= 0.3 is 5.97 Å². The van der Waals surface area contributed by atoms with Crippen molar-refractivity contribution >= 4 is 21.8 Å². The van der Waals surface area contributed by atoms with Crippen LogP contribution < -0.4 is 10.5 Å². The highest BCUT2D eigenvalue weighted by atomic mass is 32.2. The number of benzene rings is 2. The van der Waals surface area contributed by atoms with Gasteiger partial charge in [0.1, 0.15) is 11.9 Å². The molecule has 8 heteroatoms.